The average molecular weight is 634 g/mol. The van der Waals surface area contributed by atoms with Gasteiger partial charge < -0.3 is 28.2 Å². The van der Waals surface area contributed by atoms with E-state index < -0.39 is 0 Å². The van der Waals surface area contributed by atoms with Gasteiger partial charge in [-0.2, -0.15) is 5.26 Å². The van der Waals surface area contributed by atoms with Gasteiger partial charge in [0.05, 0.1) is 23.4 Å². The van der Waals surface area contributed by atoms with Crippen LogP contribution in [0.1, 0.15) is 52.3 Å². The van der Waals surface area contributed by atoms with E-state index in [1.54, 1.807) is 20.0 Å². The summed E-state index contributed by atoms with van der Waals surface area (Å²) in [5.74, 6) is 1.90. The van der Waals surface area contributed by atoms with Crippen LogP contribution in [-0.4, -0.2) is 73.7 Å². The number of imidazole rings is 1. The zero-order valence-electron chi connectivity index (χ0n) is 27.1. The first-order chi connectivity index (χ1) is 22.9. The maximum absolute atomic E-state index is 14.0. The summed E-state index contributed by atoms with van der Waals surface area (Å²) in [6, 6.07) is 17.9. The predicted molar refractivity (Wildman–Crippen MR) is 177 cm³/mol. The number of rotatable bonds is 3. The molecule has 0 saturated heterocycles. The Labute approximate surface area is 273 Å². The molecule has 4 heterocycles. The highest BCUT2D eigenvalue weighted by Crippen LogP contribution is 2.26. The van der Waals surface area contributed by atoms with Gasteiger partial charge in [-0.05, 0) is 58.2 Å². The number of ether oxygens (including phenoxy) is 1. The average Bonchev–Trinajstić information content (AvgIpc) is 3.76. The highest BCUT2D eigenvalue weighted by atomic mass is 16.5. The Kier molecular flexibility index (Phi) is 9.38. The number of hydrogen-bond donors (Lipinski definition) is 0. The third-order valence-electron chi connectivity index (χ3n) is 8.89. The zero-order chi connectivity index (χ0) is 32.9. The second-order valence-electron chi connectivity index (χ2n) is 11.9. The molecule has 2 bridgehead atoms. The molecule has 6 rings (SSSR count). The van der Waals surface area contributed by atoms with Crippen molar-refractivity contribution in [3.8, 4) is 23.2 Å². The van der Waals surface area contributed by atoms with E-state index in [9.17, 15) is 14.9 Å². The highest BCUT2D eigenvalue weighted by molar-refractivity contribution is 5.96. The molecule has 0 saturated carbocycles. The molecule has 0 unspecified atom stereocenters. The first-order valence-electron chi connectivity index (χ1n) is 16.1. The number of hydrogen-bond acceptors (Lipinski definition) is 7. The molecule has 5 aromatic rings. The van der Waals surface area contributed by atoms with Crippen LogP contribution >= 0.6 is 0 Å². The normalized spacial score (nSPS) is 14.7. The molecule has 11 heteroatoms. The number of fused-ring (bicyclic) bond motifs is 5. The number of nitriles is 1. The molecule has 0 atom stereocenters. The lowest BCUT2D eigenvalue weighted by Gasteiger charge is -2.26. The Morgan fingerprint density at radius 2 is 1.72 bits per heavy atom. The molecule has 3 aromatic heterocycles. The number of carbonyl (C=O) groups is 2. The van der Waals surface area contributed by atoms with Crippen molar-refractivity contribution in [3.63, 3.8) is 0 Å². The fraction of sp³-hybridized carbons (Fsp3) is 0.361. The van der Waals surface area contributed by atoms with Crippen LogP contribution < -0.4 is 4.74 Å². The van der Waals surface area contributed by atoms with E-state index in [4.69, 9.17) is 9.26 Å². The van der Waals surface area contributed by atoms with Crippen LogP contribution in [0.2, 0.25) is 0 Å². The Hall–Kier alpha value is -5.37. The monoisotopic (exact) mass is 633 g/mol. The SMILES string of the molecule is Cc1noc(C)c1C(=O)N1CCCCN(C(=O)Cn2c(C)c(C#N)c3ccccc32)CCn2ccnc2-c2cccc(c2)OCCC1. The molecule has 2 aromatic carbocycles. The molecule has 2 amide bonds. The molecular weight excluding hydrogens is 594 g/mol. The van der Waals surface area contributed by atoms with Crippen molar-refractivity contribution < 1.29 is 18.8 Å². The van der Waals surface area contributed by atoms with Crippen molar-refractivity contribution in [2.24, 2.45) is 0 Å². The summed E-state index contributed by atoms with van der Waals surface area (Å²) in [5.41, 5.74) is 4.23. The van der Waals surface area contributed by atoms with Crippen LogP contribution in [0.25, 0.3) is 22.3 Å². The molecule has 242 valence electrons. The number of benzene rings is 2. The van der Waals surface area contributed by atoms with Gasteiger partial charge in [-0.25, -0.2) is 4.98 Å². The molecule has 1 aliphatic rings. The Morgan fingerprint density at radius 1 is 0.936 bits per heavy atom. The molecule has 0 aliphatic carbocycles. The van der Waals surface area contributed by atoms with Gasteiger partial charge in [0.1, 0.15) is 35.5 Å². The number of carbonyl (C=O) groups excluding carboxylic acids is 2. The van der Waals surface area contributed by atoms with Crippen LogP contribution in [-0.2, 0) is 17.9 Å². The lowest BCUT2D eigenvalue weighted by atomic mass is 10.1. The molecule has 0 radical (unpaired) electrons. The molecule has 0 spiro atoms. The number of nitrogens with zero attached hydrogens (tertiary/aromatic N) is 7. The smallest absolute Gasteiger partial charge is 0.259 e. The van der Waals surface area contributed by atoms with E-state index >= 15 is 0 Å². The Morgan fingerprint density at radius 3 is 2.51 bits per heavy atom. The molecule has 0 fully saturated rings. The number of para-hydroxylation sites is 1. The summed E-state index contributed by atoms with van der Waals surface area (Å²) < 4.78 is 15.4. The van der Waals surface area contributed by atoms with Gasteiger partial charge in [-0.15, -0.1) is 0 Å². The maximum Gasteiger partial charge on any atom is 0.259 e. The van der Waals surface area contributed by atoms with E-state index in [0.717, 1.165) is 33.7 Å². The van der Waals surface area contributed by atoms with Gasteiger partial charge in [0, 0.05) is 61.8 Å². The molecule has 0 N–H and O–H groups in total. The van der Waals surface area contributed by atoms with Crippen molar-refractivity contribution in [1.29, 1.82) is 5.26 Å². The van der Waals surface area contributed by atoms with Crippen molar-refractivity contribution in [2.45, 2.75) is 53.1 Å². The summed E-state index contributed by atoms with van der Waals surface area (Å²) in [7, 11) is 0. The standard InChI is InChI=1S/C36H39N7O4/c1-25-34(27(3)47-39-25)36(45)42-16-7-6-15-40(33(44)24-43-26(2)31(23-37)30-12-4-5-13-32(30)43)19-20-41-18-14-38-35(41)28-10-8-11-29(22-28)46-21-9-17-42/h4-5,8,10-14,18,22H,6-7,9,15-17,19-21,24H2,1-3H3. The van der Waals surface area contributed by atoms with Gasteiger partial charge in [0.2, 0.25) is 5.91 Å². The minimum absolute atomic E-state index is 0.0306. The van der Waals surface area contributed by atoms with Crippen LogP contribution in [0.5, 0.6) is 5.75 Å². The summed E-state index contributed by atoms with van der Waals surface area (Å²) >= 11 is 0. The molecule has 11 nitrogen and oxygen atoms in total. The maximum atomic E-state index is 14.0. The molecule has 1 aliphatic heterocycles. The van der Waals surface area contributed by atoms with Crippen LogP contribution in [0.4, 0.5) is 0 Å². The van der Waals surface area contributed by atoms with Gasteiger partial charge >= 0.3 is 0 Å². The minimum atomic E-state index is -0.109. The number of amides is 2. The summed E-state index contributed by atoms with van der Waals surface area (Å²) in [6.07, 6.45) is 5.77. The second kappa shape index (κ2) is 14.0. The number of aromatic nitrogens is 4. The largest absolute Gasteiger partial charge is 0.494 e. The van der Waals surface area contributed by atoms with Crippen molar-refractivity contribution in [1.82, 2.24) is 29.1 Å². The quantitative estimate of drug-likeness (QED) is 0.256. The topological polar surface area (TPSA) is 122 Å². The van der Waals surface area contributed by atoms with Gasteiger partial charge in [0.25, 0.3) is 5.91 Å². The summed E-state index contributed by atoms with van der Waals surface area (Å²) in [4.78, 5) is 36.0. The predicted octanol–water partition coefficient (Wildman–Crippen LogP) is 5.52. The van der Waals surface area contributed by atoms with Gasteiger partial charge in [-0.1, -0.05) is 35.5 Å². The third kappa shape index (κ3) is 6.63. The summed E-state index contributed by atoms with van der Waals surface area (Å²) in [5, 5.41) is 14.7. The number of aryl methyl sites for hydroxylation is 2. The zero-order valence-corrected chi connectivity index (χ0v) is 27.1. The van der Waals surface area contributed by atoms with Gasteiger partial charge in [-0.3, -0.25) is 9.59 Å². The van der Waals surface area contributed by atoms with E-state index in [-0.39, 0.29) is 18.4 Å². The van der Waals surface area contributed by atoms with E-state index in [2.05, 4.69) is 20.8 Å². The fourth-order valence-electron chi connectivity index (χ4n) is 6.39. The van der Waals surface area contributed by atoms with Gasteiger partial charge in [0.15, 0.2) is 0 Å². The molecule has 47 heavy (non-hydrogen) atoms. The van der Waals surface area contributed by atoms with Crippen molar-refractivity contribution >= 4 is 22.7 Å². The van der Waals surface area contributed by atoms with Crippen LogP contribution in [0.15, 0.2) is 65.4 Å². The summed E-state index contributed by atoms with van der Waals surface area (Å²) in [6.45, 7) is 8.60. The Bertz CT molecular complexity index is 1930. The highest BCUT2D eigenvalue weighted by Gasteiger charge is 2.24. The Balaban J connectivity index is 1.27. The second-order valence-corrected chi connectivity index (χ2v) is 11.9. The van der Waals surface area contributed by atoms with Crippen LogP contribution in [0.3, 0.4) is 0 Å². The fourth-order valence-corrected chi connectivity index (χ4v) is 6.39. The van der Waals surface area contributed by atoms with Crippen molar-refractivity contribution in [3.05, 3.63) is 89.2 Å². The lowest BCUT2D eigenvalue weighted by Crippen LogP contribution is -2.38. The minimum Gasteiger partial charge on any atom is -0.494 e. The molecular formula is C36H39N7O4. The van der Waals surface area contributed by atoms with Crippen molar-refractivity contribution in [2.75, 3.05) is 32.8 Å². The van der Waals surface area contributed by atoms with Crippen LogP contribution in [0, 0.1) is 32.1 Å². The van der Waals surface area contributed by atoms with E-state index in [1.165, 1.54) is 0 Å². The lowest BCUT2D eigenvalue weighted by molar-refractivity contribution is -0.132. The first-order valence-corrected chi connectivity index (χ1v) is 16.1. The van der Waals surface area contributed by atoms with E-state index in [1.807, 2.05) is 76.0 Å². The van der Waals surface area contributed by atoms with E-state index in [0.29, 0.717) is 81.2 Å². The third-order valence-corrected chi connectivity index (χ3v) is 8.89. The first kappa shape index (κ1) is 31.6.